The van der Waals surface area contributed by atoms with Gasteiger partial charge in [-0.25, -0.2) is 4.79 Å². The van der Waals surface area contributed by atoms with Crippen LogP contribution in [0.15, 0.2) is 24.3 Å². The van der Waals surface area contributed by atoms with Crippen LogP contribution in [0, 0.1) is 0 Å². The van der Waals surface area contributed by atoms with E-state index in [1.165, 1.54) is 0 Å². The predicted molar refractivity (Wildman–Crippen MR) is 64.3 cm³/mol. The number of carbonyl (C=O) groups is 1. The highest BCUT2D eigenvalue weighted by Gasteiger charge is 2.05. The van der Waals surface area contributed by atoms with E-state index in [1.807, 2.05) is 12.1 Å². The fourth-order valence-electron chi connectivity index (χ4n) is 1.12. The molecule has 3 heteroatoms. The molecule has 0 atom stereocenters. The van der Waals surface area contributed by atoms with Crippen molar-refractivity contribution in [3.63, 3.8) is 0 Å². The van der Waals surface area contributed by atoms with Crippen LogP contribution in [0.3, 0.4) is 0 Å². The zero-order valence-electron chi connectivity index (χ0n) is 8.83. The molecule has 82 valence electrons. The van der Waals surface area contributed by atoms with Crippen molar-refractivity contribution in [3.8, 4) is 0 Å². The molecule has 0 radical (unpaired) electrons. The second kappa shape index (κ2) is 6.62. The molecule has 0 aliphatic rings. The molecular weight excluding hydrogens is 256 g/mol. The summed E-state index contributed by atoms with van der Waals surface area (Å²) in [6.45, 7) is 2.58. The number of unbranched alkanes of at least 4 members (excludes halogenated alkanes) is 1. The van der Waals surface area contributed by atoms with Crippen molar-refractivity contribution in [1.82, 2.24) is 0 Å². The molecule has 0 aliphatic carbocycles. The van der Waals surface area contributed by atoms with Gasteiger partial charge in [-0.1, -0.05) is 41.4 Å². The van der Waals surface area contributed by atoms with Gasteiger partial charge in [-0.3, -0.25) is 0 Å². The van der Waals surface area contributed by atoms with Crippen LogP contribution in [0.5, 0.6) is 0 Å². The molecule has 0 unspecified atom stereocenters. The number of alkyl halides is 1. The zero-order valence-corrected chi connectivity index (χ0v) is 10.4. The maximum atomic E-state index is 11.5. The van der Waals surface area contributed by atoms with E-state index in [0.29, 0.717) is 12.2 Å². The van der Waals surface area contributed by atoms with Crippen LogP contribution >= 0.6 is 15.9 Å². The first kappa shape index (κ1) is 12.2. The van der Waals surface area contributed by atoms with E-state index in [1.54, 1.807) is 12.1 Å². The maximum Gasteiger partial charge on any atom is 0.338 e. The van der Waals surface area contributed by atoms with E-state index in [0.717, 1.165) is 23.7 Å². The lowest BCUT2D eigenvalue weighted by atomic mass is 10.1. The van der Waals surface area contributed by atoms with Crippen LogP contribution in [0.25, 0.3) is 0 Å². The Morgan fingerprint density at radius 2 is 2.00 bits per heavy atom. The van der Waals surface area contributed by atoms with Gasteiger partial charge >= 0.3 is 5.97 Å². The normalized spacial score (nSPS) is 10.0. The van der Waals surface area contributed by atoms with Gasteiger partial charge in [0, 0.05) is 5.33 Å². The van der Waals surface area contributed by atoms with Gasteiger partial charge in [0.2, 0.25) is 0 Å². The summed E-state index contributed by atoms with van der Waals surface area (Å²) in [5.41, 5.74) is 1.77. The second-order valence-electron chi connectivity index (χ2n) is 3.32. The summed E-state index contributed by atoms with van der Waals surface area (Å²) in [6, 6.07) is 7.44. The van der Waals surface area contributed by atoms with Crippen molar-refractivity contribution in [2.45, 2.75) is 25.1 Å². The van der Waals surface area contributed by atoms with Crippen molar-refractivity contribution in [3.05, 3.63) is 35.4 Å². The third-order valence-corrected chi connectivity index (χ3v) is 2.72. The molecule has 2 nitrogen and oxygen atoms in total. The van der Waals surface area contributed by atoms with Gasteiger partial charge in [0.1, 0.15) is 0 Å². The smallest absolute Gasteiger partial charge is 0.338 e. The van der Waals surface area contributed by atoms with E-state index in [2.05, 4.69) is 22.9 Å². The molecule has 0 N–H and O–H groups in total. The third kappa shape index (κ3) is 4.04. The summed E-state index contributed by atoms with van der Waals surface area (Å²) in [6.07, 6.45) is 1.96. The summed E-state index contributed by atoms with van der Waals surface area (Å²) < 4.78 is 5.09. The minimum Gasteiger partial charge on any atom is -0.462 e. The van der Waals surface area contributed by atoms with Crippen molar-refractivity contribution in [2.24, 2.45) is 0 Å². The van der Waals surface area contributed by atoms with Gasteiger partial charge in [0.15, 0.2) is 0 Å². The molecule has 0 spiro atoms. The van der Waals surface area contributed by atoms with Crippen LogP contribution in [0.2, 0.25) is 0 Å². The standard InChI is InChI=1S/C12H15BrO2/c1-2-3-8-15-12(14)11-6-4-10(9-13)5-7-11/h4-7H,2-3,8-9H2,1H3. The molecule has 0 amide bonds. The highest BCUT2D eigenvalue weighted by molar-refractivity contribution is 9.08. The van der Waals surface area contributed by atoms with Gasteiger partial charge in [-0.2, -0.15) is 0 Å². The van der Waals surface area contributed by atoms with Crippen molar-refractivity contribution in [2.75, 3.05) is 6.61 Å². The molecule has 1 rings (SSSR count). The minimum atomic E-state index is -0.232. The SMILES string of the molecule is CCCCOC(=O)c1ccc(CBr)cc1. The lowest BCUT2D eigenvalue weighted by molar-refractivity contribution is 0.0500. The first-order valence-electron chi connectivity index (χ1n) is 5.10. The summed E-state index contributed by atoms with van der Waals surface area (Å²) in [5.74, 6) is -0.232. The number of hydrogen-bond donors (Lipinski definition) is 0. The predicted octanol–water partition coefficient (Wildman–Crippen LogP) is 3.54. The molecule has 0 aromatic heterocycles. The molecule has 15 heavy (non-hydrogen) atoms. The number of esters is 1. The van der Waals surface area contributed by atoms with Crippen molar-refractivity contribution in [1.29, 1.82) is 0 Å². The Kier molecular flexibility index (Phi) is 5.40. The van der Waals surface area contributed by atoms with Crippen LogP contribution in [-0.4, -0.2) is 12.6 Å². The lowest BCUT2D eigenvalue weighted by Gasteiger charge is -2.04. The number of benzene rings is 1. The zero-order chi connectivity index (χ0) is 11.1. The van der Waals surface area contributed by atoms with Gasteiger partial charge in [-0.15, -0.1) is 0 Å². The Morgan fingerprint density at radius 3 is 2.53 bits per heavy atom. The van der Waals surface area contributed by atoms with Crippen molar-refractivity contribution >= 4 is 21.9 Å². The molecule has 0 saturated carbocycles. The van der Waals surface area contributed by atoms with E-state index in [9.17, 15) is 4.79 Å². The monoisotopic (exact) mass is 270 g/mol. The first-order valence-corrected chi connectivity index (χ1v) is 6.22. The van der Waals surface area contributed by atoms with Gasteiger partial charge in [0.25, 0.3) is 0 Å². The maximum absolute atomic E-state index is 11.5. The molecule has 0 saturated heterocycles. The Morgan fingerprint density at radius 1 is 1.33 bits per heavy atom. The fraction of sp³-hybridized carbons (Fsp3) is 0.417. The average molecular weight is 271 g/mol. The molecule has 1 aromatic carbocycles. The Balaban J connectivity index is 2.50. The number of ether oxygens (including phenoxy) is 1. The Hall–Kier alpha value is -0.830. The quantitative estimate of drug-likeness (QED) is 0.465. The third-order valence-electron chi connectivity index (χ3n) is 2.07. The number of hydrogen-bond acceptors (Lipinski definition) is 2. The van der Waals surface area contributed by atoms with Gasteiger partial charge < -0.3 is 4.74 Å². The molecule has 0 heterocycles. The summed E-state index contributed by atoms with van der Waals surface area (Å²) in [4.78, 5) is 11.5. The summed E-state index contributed by atoms with van der Waals surface area (Å²) in [5, 5.41) is 0.804. The van der Waals surface area contributed by atoms with E-state index < -0.39 is 0 Å². The number of carbonyl (C=O) groups excluding carboxylic acids is 1. The van der Waals surface area contributed by atoms with E-state index in [-0.39, 0.29) is 5.97 Å². The van der Waals surface area contributed by atoms with Gasteiger partial charge in [-0.05, 0) is 24.1 Å². The van der Waals surface area contributed by atoms with Crippen LogP contribution < -0.4 is 0 Å². The highest BCUT2D eigenvalue weighted by atomic mass is 79.9. The second-order valence-corrected chi connectivity index (χ2v) is 3.88. The largest absolute Gasteiger partial charge is 0.462 e. The van der Waals surface area contributed by atoms with Gasteiger partial charge in [0.05, 0.1) is 12.2 Å². The molecule has 0 aliphatic heterocycles. The van der Waals surface area contributed by atoms with E-state index in [4.69, 9.17) is 4.74 Å². The molecule has 0 fully saturated rings. The fourth-order valence-corrected chi connectivity index (χ4v) is 1.50. The number of halogens is 1. The first-order chi connectivity index (χ1) is 7.27. The molecular formula is C12H15BrO2. The number of rotatable bonds is 5. The lowest BCUT2D eigenvalue weighted by Crippen LogP contribution is -2.06. The Bertz CT molecular complexity index is 306. The summed E-state index contributed by atoms with van der Waals surface area (Å²) in [7, 11) is 0. The topological polar surface area (TPSA) is 26.3 Å². The average Bonchev–Trinajstić information content (AvgIpc) is 2.29. The van der Waals surface area contributed by atoms with Crippen LogP contribution in [-0.2, 0) is 10.1 Å². The summed E-state index contributed by atoms with van der Waals surface area (Å²) >= 11 is 3.35. The van der Waals surface area contributed by atoms with Crippen molar-refractivity contribution < 1.29 is 9.53 Å². The van der Waals surface area contributed by atoms with E-state index >= 15 is 0 Å². The molecule has 0 bridgehead atoms. The Labute approximate surface area is 98.8 Å². The van der Waals surface area contributed by atoms with Crippen LogP contribution in [0.4, 0.5) is 0 Å². The molecule has 1 aromatic rings. The highest BCUT2D eigenvalue weighted by Crippen LogP contribution is 2.09. The minimum absolute atomic E-state index is 0.232. The van der Waals surface area contributed by atoms with Crippen LogP contribution in [0.1, 0.15) is 35.7 Å².